The van der Waals surface area contributed by atoms with Crippen LogP contribution in [-0.2, 0) is 9.63 Å². The largest absolute Gasteiger partial charge is 0.390 e. The average Bonchev–Trinajstić information content (AvgIpc) is 2.97. The van der Waals surface area contributed by atoms with Crippen LogP contribution in [0.25, 0.3) is 0 Å². The van der Waals surface area contributed by atoms with Gasteiger partial charge in [-0.15, -0.1) is 0 Å². The number of hydrogen-bond donors (Lipinski definition) is 0. The molecule has 1 amide bonds. The van der Waals surface area contributed by atoms with Crippen LogP contribution in [0.3, 0.4) is 0 Å². The highest BCUT2D eigenvalue weighted by molar-refractivity contribution is 6.42. The van der Waals surface area contributed by atoms with E-state index in [-0.39, 0.29) is 12.0 Å². The van der Waals surface area contributed by atoms with Crippen molar-refractivity contribution in [2.75, 3.05) is 13.1 Å². The molecule has 0 bridgehead atoms. The van der Waals surface area contributed by atoms with E-state index in [9.17, 15) is 4.79 Å². The molecule has 0 fully saturated rings. The summed E-state index contributed by atoms with van der Waals surface area (Å²) in [6.45, 7) is 5.24. The minimum Gasteiger partial charge on any atom is -0.390 e. The highest BCUT2D eigenvalue weighted by Crippen LogP contribution is 2.25. The minimum absolute atomic E-state index is 0.105. The van der Waals surface area contributed by atoms with Crippen LogP contribution in [-0.4, -0.2) is 35.7 Å². The highest BCUT2D eigenvalue weighted by Gasteiger charge is 2.26. The molecule has 2 rings (SSSR count). The summed E-state index contributed by atoms with van der Waals surface area (Å²) in [6.07, 6.45) is 1.99. The summed E-state index contributed by atoms with van der Waals surface area (Å²) in [4.78, 5) is 19.2. The highest BCUT2D eigenvalue weighted by atomic mass is 35.5. The van der Waals surface area contributed by atoms with Gasteiger partial charge in [0.2, 0.25) is 5.91 Å². The van der Waals surface area contributed by atoms with Crippen LogP contribution in [0.4, 0.5) is 0 Å². The lowest BCUT2D eigenvalue weighted by Gasteiger charge is -2.23. The van der Waals surface area contributed by atoms with E-state index in [2.05, 4.69) is 12.1 Å². The number of carbonyl (C=O) groups excluding carboxylic acids is 1. The summed E-state index contributed by atoms with van der Waals surface area (Å²) in [6, 6.07) is 5.41. The molecule has 1 aromatic carbocycles. The van der Waals surface area contributed by atoms with E-state index >= 15 is 0 Å². The molecule has 0 radical (unpaired) electrons. The van der Waals surface area contributed by atoms with Crippen molar-refractivity contribution in [2.24, 2.45) is 5.16 Å². The van der Waals surface area contributed by atoms with Crippen LogP contribution in [0.5, 0.6) is 0 Å². The van der Waals surface area contributed by atoms with E-state index in [0.717, 1.165) is 24.2 Å². The fraction of sp³-hybridized carbons (Fsp3) is 0.500. The van der Waals surface area contributed by atoms with Gasteiger partial charge in [0.15, 0.2) is 6.10 Å². The summed E-state index contributed by atoms with van der Waals surface area (Å²) < 4.78 is 0. The first kappa shape index (κ1) is 17.1. The van der Waals surface area contributed by atoms with Crippen LogP contribution in [0.1, 0.15) is 38.7 Å². The van der Waals surface area contributed by atoms with Crippen LogP contribution in [0, 0.1) is 0 Å². The maximum absolute atomic E-state index is 11.9. The Morgan fingerprint density at radius 3 is 2.77 bits per heavy atom. The number of carbonyl (C=O) groups is 1. The van der Waals surface area contributed by atoms with E-state index < -0.39 is 0 Å². The summed E-state index contributed by atoms with van der Waals surface area (Å²) in [7, 11) is 0. The number of oxime groups is 1. The second kappa shape index (κ2) is 7.84. The molecule has 0 aromatic heterocycles. The van der Waals surface area contributed by atoms with Crippen LogP contribution >= 0.6 is 23.2 Å². The van der Waals surface area contributed by atoms with Crippen molar-refractivity contribution in [1.82, 2.24) is 4.90 Å². The molecule has 22 heavy (non-hydrogen) atoms. The second-order valence-corrected chi connectivity index (χ2v) is 6.11. The molecule has 0 unspecified atom stereocenters. The van der Waals surface area contributed by atoms with Gasteiger partial charge in [-0.3, -0.25) is 4.79 Å². The minimum atomic E-state index is -0.105. The third-order valence-corrected chi connectivity index (χ3v) is 4.30. The topological polar surface area (TPSA) is 41.9 Å². The second-order valence-electron chi connectivity index (χ2n) is 5.29. The molecule has 1 atom stereocenters. The zero-order valence-corrected chi connectivity index (χ0v) is 14.3. The molecular formula is C16H20Cl2N2O2. The molecule has 1 aliphatic rings. The molecule has 6 heteroatoms. The van der Waals surface area contributed by atoms with Crippen LogP contribution < -0.4 is 0 Å². The van der Waals surface area contributed by atoms with Crippen molar-refractivity contribution in [3.8, 4) is 0 Å². The predicted molar refractivity (Wildman–Crippen MR) is 89.7 cm³/mol. The summed E-state index contributed by atoms with van der Waals surface area (Å²) >= 11 is 12.0. The van der Waals surface area contributed by atoms with E-state index in [1.165, 1.54) is 0 Å². The van der Waals surface area contributed by atoms with Gasteiger partial charge in [0.1, 0.15) is 0 Å². The van der Waals surface area contributed by atoms with Crippen LogP contribution in [0.15, 0.2) is 23.4 Å². The van der Waals surface area contributed by atoms with Crippen LogP contribution in [0.2, 0.25) is 10.0 Å². The first-order valence-corrected chi connectivity index (χ1v) is 8.26. The average molecular weight is 343 g/mol. The quantitative estimate of drug-likeness (QED) is 0.779. The normalized spacial score (nSPS) is 17.1. The van der Waals surface area contributed by atoms with Gasteiger partial charge in [-0.05, 0) is 18.6 Å². The Morgan fingerprint density at radius 1 is 1.36 bits per heavy atom. The van der Waals surface area contributed by atoms with Gasteiger partial charge < -0.3 is 9.74 Å². The molecule has 4 nitrogen and oxygen atoms in total. The maximum Gasteiger partial charge on any atom is 0.222 e. The van der Waals surface area contributed by atoms with E-state index in [1.807, 2.05) is 17.9 Å². The lowest BCUT2D eigenvalue weighted by molar-refractivity contribution is -0.132. The molecule has 1 aromatic rings. The van der Waals surface area contributed by atoms with Crippen molar-refractivity contribution in [1.29, 1.82) is 0 Å². The Balaban J connectivity index is 1.98. The van der Waals surface area contributed by atoms with Crippen molar-refractivity contribution >= 4 is 34.8 Å². The maximum atomic E-state index is 11.9. The predicted octanol–water partition coefficient (Wildman–Crippen LogP) is 4.14. The number of halogens is 2. The monoisotopic (exact) mass is 342 g/mol. The lowest BCUT2D eigenvalue weighted by atomic mass is 10.0. The Hall–Kier alpha value is -1.26. The van der Waals surface area contributed by atoms with E-state index in [1.54, 1.807) is 12.1 Å². The molecule has 1 heterocycles. The van der Waals surface area contributed by atoms with Crippen molar-refractivity contribution in [3.63, 3.8) is 0 Å². The van der Waals surface area contributed by atoms with Gasteiger partial charge in [-0.25, -0.2) is 0 Å². The molecule has 0 saturated carbocycles. The fourth-order valence-electron chi connectivity index (χ4n) is 2.43. The number of hydrogen-bond acceptors (Lipinski definition) is 3. The summed E-state index contributed by atoms with van der Waals surface area (Å²) in [5.74, 6) is 0.147. The molecule has 0 aliphatic carbocycles. The van der Waals surface area contributed by atoms with Gasteiger partial charge in [-0.1, -0.05) is 48.3 Å². The van der Waals surface area contributed by atoms with Crippen molar-refractivity contribution in [2.45, 2.75) is 39.2 Å². The standard InChI is InChI=1S/C16H20Cl2N2O2/c1-3-7-20(16(21)4-2)10-12-9-15(19-22-12)11-5-6-13(17)14(18)8-11/h5-6,8,12H,3-4,7,9-10H2,1-2H3/t12-/m1/s1. The molecule has 0 spiro atoms. The third-order valence-electron chi connectivity index (χ3n) is 3.56. The first-order chi connectivity index (χ1) is 10.5. The summed E-state index contributed by atoms with van der Waals surface area (Å²) in [5, 5.41) is 5.15. The van der Waals surface area contributed by atoms with Crippen molar-refractivity contribution < 1.29 is 9.63 Å². The zero-order chi connectivity index (χ0) is 16.1. The SMILES string of the molecule is CCCN(C[C@H]1CC(c2ccc(Cl)c(Cl)c2)=NO1)C(=O)CC. The lowest BCUT2D eigenvalue weighted by Crippen LogP contribution is -2.37. The Kier molecular flexibility index (Phi) is 6.09. The van der Waals surface area contributed by atoms with Gasteiger partial charge >= 0.3 is 0 Å². The summed E-state index contributed by atoms with van der Waals surface area (Å²) in [5.41, 5.74) is 1.74. The Bertz CT molecular complexity index is 575. The molecule has 0 saturated heterocycles. The smallest absolute Gasteiger partial charge is 0.222 e. The Labute approximate surface area is 141 Å². The number of benzene rings is 1. The molecule has 0 N–H and O–H groups in total. The third kappa shape index (κ3) is 4.14. The number of amides is 1. The van der Waals surface area contributed by atoms with E-state index in [0.29, 0.717) is 29.4 Å². The molecular weight excluding hydrogens is 323 g/mol. The fourth-order valence-corrected chi connectivity index (χ4v) is 2.73. The van der Waals surface area contributed by atoms with Gasteiger partial charge in [-0.2, -0.15) is 0 Å². The molecule has 1 aliphatic heterocycles. The number of rotatable bonds is 6. The Morgan fingerprint density at radius 2 is 2.14 bits per heavy atom. The van der Waals surface area contributed by atoms with Gasteiger partial charge in [0, 0.05) is 24.9 Å². The first-order valence-electron chi connectivity index (χ1n) is 7.51. The van der Waals surface area contributed by atoms with Crippen molar-refractivity contribution in [3.05, 3.63) is 33.8 Å². The number of nitrogens with zero attached hydrogens (tertiary/aromatic N) is 2. The molecule has 120 valence electrons. The van der Waals surface area contributed by atoms with Gasteiger partial charge in [0.25, 0.3) is 0 Å². The van der Waals surface area contributed by atoms with E-state index in [4.69, 9.17) is 28.0 Å². The van der Waals surface area contributed by atoms with Gasteiger partial charge in [0.05, 0.1) is 22.3 Å². The zero-order valence-electron chi connectivity index (χ0n) is 12.8.